The molecule has 16 heavy (non-hydrogen) atoms. The largest absolute Gasteiger partial charge is 0.453 e. The van der Waals surface area contributed by atoms with E-state index in [9.17, 15) is 9.18 Å². The summed E-state index contributed by atoms with van der Waals surface area (Å²) in [5, 5.41) is 0.319. The predicted molar refractivity (Wildman–Crippen MR) is 59.1 cm³/mol. The molecule has 0 aliphatic heterocycles. The van der Waals surface area contributed by atoms with Crippen LogP contribution in [0.1, 0.15) is 17.5 Å². The van der Waals surface area contributed by atoms with Crippen molar-refractivity contribution in [2.24, 2.45) is 0 Å². The Hall–Kier alpha value is -1.61. The van der Waals surface area contributed by atoms with E-state index < -0.39 is 5.82 Å². The van der Waals surface area contributed by atoms with Gasteiger partial charge in [0.05, 0.1) is 5.56 Å². The molecule has 2 aromatic rings. The summed E-state index contributed by atoms with van der Waals surface area (Å²) in [5.41, 5.74) is 0.289. The van der Waals surface area contributed by atoms with Gasteiger partial charge in [0.25, 0.3) is 0 Å². The molecule has 82 valence electrons. The van der Waals surface area contributed by atoms with Gasteiger partial charge in [0.1, 0.15) is 11.6 Å². The first-order valence-electron chi connectivity index (χ1n) is 4.64. The van der Waals surface area contributed by atoms with Crippen LogP contribution in [0.5, 0.6) is 0 Å². The van der Waals surface area contributed by atoms with E-state index in [1.165, 1.54) is 25.1 Å². The minimum atomic E-state index is -0.475. The molecule has 0 saturated heterocycles. The molecule has 2 rings (SSSR count). The summed E-state index contributed by atoms with van der Waals surface area (Å²) in [7, 11) is 0. The van der Waals surface area contributed by atoms with Crippen molar-refractivity contribution in [2.45, 2.75) is 6.92 Å². The summed E-state index contributed by atoms with van der Waals surface area (Å²) in [6.07, 6.45) is 0. The fraction of sp³-hybridized carbons (Fsp3) is 0.0833. The molecule has 0 amide bonds. The van der Waals surface area contributed by atoms with Gasteiger partial charge in [0.15, 0.2) is 11.5 Å². The van der Waals surface area contributed by atoms with Crippen molar-refractivity contribution in [3.63, 3.8) is 0 Å². The maximum Gasteiger partial charge on any atom is 0.194 e. The lowest BCUT2D eigenvalue weighted by atomic mass is 10.1. The normalized spacial score (nSPS) is 10.4. The molecule has 0 bridgehead atoms. The van der Waals surface area contributed by atoms with Gasteiger partial charge in [0.2, 0.25) is 0 Å². The molecule has 0 spiro atoms. The first-order chi connectivity index (χ1) is 7.58. The zero-order valence-corrected chi connectivity index (χ0v) is 9.22. The summed E-state index contributed by atoms with van der Waals surface area (Å²) in [6, 6.07) is 7.36. The molecule has 1 heterocycles. The van der Waals surface area contributed by atoms with Gasteiger partial charge in [-0.1, -0.05) is 11.6 Å². The highest BCUT2D eigenvalue weighted by Crippen LogP contribution is 2.27. The lowest BCUT2D eigenvalue weighted by Crippen LogP contribution is -1.86. The van der Waals surface area contributed by atoms with Crippen molar-refractivity contribution in [1.82, 2.24) is 0 Å². The Morgan fingerprint density at radius 2 is 2.06 bits per heavy atom. The molecule has 1 aromatic heterocycles. The lowest BCUT2D eigenvalue weighted by molar-refractivity contribution is 0.0988. The second kappa shape index (κ2) is 4.10. The topological polar surface area (TPSA) is 30.2 Å². The standard InChI is InChI=1S/C12H8ClFO2/c1-7(15)11-4-5-12(16-11)9-3-2-8(13)6-10(9)14/h2-6H,1H3. The number of carbonyl (C=O) groups excluding carboxylic acids is 1. The zero-order valence-electron chi connectivity index (χ0n) is 8.46. The number of halogens is 2. The number of benzene rings is 1. The van der Waals surface area contributed by atoms with Crippen molar-refractivity contribution in [1.29, 1.82) is 0 Å². The number of hydrogen-bond acceptors (Lipinski definition) is 2. The second-order valence-corrected chi connectivity index (χ2v) is 3.78. The number of ketones is 1. The number of hydrogen-bond donors (Lipinski definition) is 0. The summed E-state index contributed by atoms with van der Waals surface area (Å²) >= 11 is 5.64. The Kier molecular flexibility index (Phi) is 2.79. The van der Waals surface area contributed by atoms with Crippen molar-refractivity contribution >= 4 is 17.4 Å². The summed E-state index contributed by atoms with van der Waals surface area (Å²) in [5.74, 6) is -0.138. The maximum absolute atomic E-state index is 13.5. The molecule has 0 unspecified atom stereocenters. The molecule has 0 aliphatic carbocycles. The van der Waals surface area contributed by atoms with E-state index in [0.29, 0.717) is 10.8 Å². The quantitative estimate of drug-likeness (QED) is 0.742. The zero-order chi connectivity index (χ0) is 11.7. The van der Waals surface area contributed by atoms with Gasteiger partial charge in [-0.2, -0.15) is 0 Å². The number of furan rings is 1. The fourth-order valence-electron chi connectivity index (χ4n) is 1.36. The number of Topliss-reactive ketones (excluding diaryl/α,β-unsaturated/α-hetero) is 1. The van der Waals surface area contributed by atoms with Crippen molar-refractivity contribution in [2.75, 3.05) is 0 Å². The van der Waals surface area contributed by atoms with Gasteiger partial charge >= 0.3 is 0 Å². The van der Waals surface area contributed by atoms with E-state index in [0.717, 1.165) is 0 Å². The van der Waals surface area contributed by atoms with E-state index in [4.69, 9.17) is 16.0 Å². The van der Waals surface area contributed by atoms with E-state index in [-0.39, 0.29) is 17.1 Å². The third-order valence-corrected chi connectivity index (χ3v) is 2.38. The van der Waals surface area contributed by atoms with Crippen LogP contribution in [0.4, 0.5) is 4.39 Å². The summed E-state index contributed by atoms with van der Waals surface area (Å²) in [4.78, 5) is 11.0. The minimum absolute atomic E-state index is 0.194. The first kappa shape index (κ1) is 10.9. The lowest BCUT2D eigenvalue weighted by Gasteiger charge is -1.99. The Labute approximate surface area is 96.6 Å². The third-order valence-electron chi connectivity index (χ3n) is 2.15. The van der Waals surface area contributed by atoms with E-state index in [1.54, 1.807) is 12.1 Å². The van der Waals surface area contributed by atoms with Crippen molar-refractivity contribution in [3.05, 3.63) is 46.9 Å². The highest BCUT2D eigenvalue weighted by Gasteiger charge is 2.11. The molecule has 0 N–H and O–H groups in total. The number of rotatable bonds is 2. The molecule has 4 heteroatoms. The molecule has 0 atom stereocenters. The minimum Gasteiger partial charge on any atom is -0.453 e. The molecule has 2 nitrogen and oxygen atoms in total. The van der Waals surface area contributed by atoms with E-state index in [1.807, 2.05) is 0 Å². The van der Waals surface area contributed by atoms with Crippen LogP contribution >= 0.6 is 11.6 Å². The second-order valence-electron chi connectivity index (χ2n) is 3.34. The van der Waals surface area contributed by atoms with Crippen LogP contribution in [-0.2, 0) is 0 Å². The SMILES string of the molecule is CC(=O)c1ccc(-c2ccc(Cl)cc2F)o1. The average Bonchev–Trinajstić information content (AvgIpc) is 2.66. The molecular weight excluding hydrogens is 231 g/mol. The van der Waals surface area contributed by atoms with Gasteiger partial charge in [-0.15, -0.1) is 0 Å². The Morgan fingerprint density at radius 3 is 2.62 bits per heavy atom. The van der Waals surface area contributed by atoms with Gasteiger partial charge < -0.3 is 4.42 Å². The predicted octanol–water partition coefficient (Wildman–Crippen LogP) is 3.94. The first-order valence-corrected chi connectivity index (χ1v) is 5.02. The van der Waals surface area contributed by atoms with Crippen LogP contribution in [0.15, 0.2) is 34.7 Å². The van der Waals surface area contributed by atoms with Gasteiger partial charge in [-0.25, -0.2) is 4.39 Å². The Balaban J connectivity index is 2.46. The van der Waals surface area contributed by atoms with Gasteiger partial charge in [-0.3, -0.25) is 4.79 Å². The molecular formula is C12H8ClFO2. The summed E-state index contributed by atoms with van der Waals surface area (Å²) in [6.45, 7) is 1.39. The summed E-state index contributed by atoms with van der Waals surface area (Å²) < 4.78 is 18.7. The fourth-order valence-corrected chi connectivity index (χ4v) is 1.52. The molecule has 0 aliphatic rings. The smallest absolute Gasteiger partial charge is 0.194 e. The highest BCUT2D eigenvalue weighted by molar-refractivity contribution is 6.30. The monoisotopic (exact) mass is 238 g/mol. The van der Waals surface area contributed by atoms with Crippen LogP contribution in [0.3, 0.4) is 0 Å². The van der Waals surface area contributed by atoms with Crippen LogP contribution in [-0.4, -0.2) is 5.78 Å². The van der Waals surface area contributed by atoms with Crippen molar-refractivity contribution < 1.29 is 13.6 Å². The van der Waals surface area contributed by atoms with E-state index >= 15 is 0 Å². The van der Waals surface area contributed by atoms with Crippen LogP contribution < -0.4 is 0 Å². The van der Waals surface area contributed by atoms with Crippen LogP contribution in [0.25, 0.3) is 11.3 Å². The Bertz CT molecular complexity index is 546. The maximum atomic E-state index is 13.5. The molecule has 0 saturated carbocycles. The van der Waals surface area contributed by atoms with Gasteiger partial charge in [-0.05, 0) is 30.3 Å². The van der Waals surface area contributed by atoms with E-state index in [2.05, 4.69) is 0 Å². The van der Waals surface area contributed by atoms with Gasteiger partial charge in [0, 0.05) is 11.9 Å². The van der Waals surface area contributed by atoms with Crippen LogP contribution in [0, 0.1) is 5.82 Å². The average molecular weight is 239 g/mol. The van der Waals surface area contributed by atoms with Crippen LogP contribution in [0.2, 0.25) is 5.02 Å². The third kappa shape index (κ3) is 1.99. The number of carbonyl (C=O) groups is 1. The highest BCUT2D eigenvalue weighted by atomic mass is 35.5. The molecule has 0 radical (unpaired) electrons. The Morgan fingerprint density at radius 1 is 1.31 bits per heavy atom. The molecule has 0 fully saturated rings. The molecule has 1 aromatic carbocycles. The van der Waals surface area contributed by atoms with Crippen molar-refractivity contribution in [3.8, 4) is 11.3 Å².